The van der Waals surface area contributed by atoms with Crippen molar-refractivity contribution in [3.05, 3.63) is 53.3 Å². The average Bonchev–Trinajstić information content (AvgIpc) is 2.40. The number of hydrogen-bond donors (Lipinski definition) is 2. The summed E-state index contributed by atoms with van der Waals surface area (Å²) in [7, 11) is 0. The summed E-state index contributed by atoms with van der Waals surface area (Å²) >= 11 is 0. The van der Waals surface area contributed by atoms with Crippen LogP contribution in [0.15, 0.2) is 36.7 Å². The number of nitrogen functional groups attached to an aromatic ring is 1. The molecule has 0 bridgehead atoms. The zero-order valence-corrected chi connectivity index (χ0v) is 12.9. The van der Waals surface area contributed by atoms with E-state index in [-0.39, 0.29) is 11.3 Å². The van der Waals surface area contributed by atoms with E-state index in [1.165, 1.54) is 5.56 Å². The molecule has 0 aliphatic carbocycles. The number of hydrogen-bond acceptors (Lipinski definition) is 3. The molecule has 1 heterocycles. The molecule has 110 valence electrons. The molecule has 2 aromatic rings. The maximum absolute atomic E-state index is 7.58. The third-order valence-corrected chi connectivity index (χ3v) is 3.34. The number of ether oxygens (including phenoxy) is 1. The van der Waals surface area contributed by atoms with Crippen molar-refractivity contribution in [2.45, 2.75) is 33.1 Å². The van der Waals surface area contributed by atoms with E-state index in [9.17, 15) is 0 Å². The molecule has 0 atom stereocenters. The van der Waals surface area contributed by atoms with Crippen molar-refractivity contribution >= 4 is 5.84 Å². The maximum atomic E-state index is 7.58. The number of nitrogens with two attached hydrogens (primary N) is 1. The Morgan fingerprint density at radius 3 is 2.48 bits per heavy atom. The zero-order chi connectivity index (χ0) is 15.6. The molecule has 0 saturated heterocycles. The standard InChI is InChI=1S/C17H21N3O/c1-11-9-12(17(2,3)4)5-6-14(11)21-15-10-20-8-7-13(15)16(18)19/h5-10H,1-4H3,(H3,18,19). The lowest BCUT2D eigenvalue weighted by Crippen LogP contribution is -2.13. The number of amidine groups is 1. The molecule has 2 rings (SSSR count). The highest BCUT2D eigenvalue weighted by Gasteiger charge is 2.15. The molecular weight excluding hydrogens is 262 g/mol. The highest BCUT2D eigenvalue weighted by atomic mass is 16.5. The van der Waals surface area contributed by atoms with Gasteiger partial charge in [-0.2, -0.15) is 0 Å². The Balaban J connectivity index is 2.35. The van der Waals surface area contributed by atoms with Crippen LogP contribution < -0.4 is 10.5 Å². The van der Waals surface area contributed by atoms with Crippen LogP contribution in [-0.2, 0) is 5.41 Å². The van der Waals surface area contributed by atoms with Crippen molar-refractivity contribution in [3.8, 4) is 11.5 Å². The second-order valence-electron chi connectivity index (χ2n) is 6.12. The van der Waals surface area contributed by atoms with E-state index in [0.29, 0.717) is 11.3 Å². The number of benzene rings is 1. The van der Waals surface area contributed by atoms with Gasteiger partial charge in [0.05, 0.1) is 11.8 Å². The number of pyridine rings is 1. The van der Waals surface area contributed by atoms with Gasteiger partial charge in [-0.05, 0) is 35.6 Å². The monoisotopic (exact) mass is 283 g/mol. The van der Waals surface area contributed by atoms with Crippen molar-refractivity contribution < 1.29 is 4.74 Å². The molecule has 1 aromatic carbocycles. The average molecular weight is 283 g/mol. The predicted octanol–water partition coefficient (Wildman–Crippen LogP) is 3.76. The molecule has 0 fully saturated rings. The molecule has 0 spiro atoms. The van der Waals surface area contributed by atoms with Crippen LogP contribution in [0, 0.1) is 12.3 Å². The van der Waals surface area contributed by atoms with Crippen molar-refractivity contribution in [1.82, 2.24) is 4.98 Å². The minimum absolute atomic E-state index is 0.0311. The van der Waals surface area contributed by atoms with Crippen LogP contribution in [0.5, 0.6) is 11.5 Å². The van der Waals surface area contributed by atoms with Gasteiger partial charge in [-0.1, -0.05) is 32.9 Å². The van der Waals surface area contributed by atoms with Gasteiger partial charge in [0.15, 0.2) is 5.75 Å². The van der Waals surface area contributed by atoms with E-state index in [0.717, 1.165) is 11.3 Å². The molecule has 0 aliphatic heterocycles. The molecule has 3 N–H and O–H groups in total. The Hall–Kier alpha value is -2.36. The number of nitrogens with one attached hydrogen (secondary N) is 1. The first-order chi connectivity index (χ1) is 9.79. The number of rotatable bonds is 3. The summed E-state index contributed by atoms with van der Waals surface area (Å²) in [6.45, 7) is 8.54. The van der Waals surface area contributed by atoms with Crippen LogP contribution in [0.1, 0.15) is 37.5 Å². The van der Waals surface area contributed by atoms with E-state index in [4.69, 9.17) is 15.9 Å². The Kier molecular flexibility index (Phi) is 3.98. The third-order valence-electron chi connectivity index (χ3n) is 3.34. The fraction of sp³-hybridized carbons (Fsp3) is 0.294. The lowest BCUT2D eigenvalue weighted by atomic mass is 9.86. The second-order valence-corrected chi connectivity index (χ2v) is 6.12. The first kappa shape index (κ1) is 15.0. The van der Waals surface area contributed by atoms with Crippen molar-refractivity contribution in [3.63, 3.8) is 0 Å². The molecule has 4 nitrogen and oxygen atoms in total. The van der Waals surface area contributed by atoms with Gasteiger partial charge in [0.1, 0.15) is 11.6 Å². The van der Waals surface area contributed by atoms with E-state index < -0.39 is 0 Å². The SMILES string of the molecule is Cc1cc(C(C)(C)C)ccc1Oc1cnccc1C(=N)N. The Labute approximate surface area is 125 Å². The van der Waals surface area contributed by atoms with Gasteiger partial charge in [-0.15, -0.1) is 0 Å². The molecule has 0 radical (unpaired) electrons. The van der Waals surface area contributed by atoms with Gasteiger partial charge in [-0.25, -0.2) is 0 Å². The topological polar surface area (TPSA) is 72.0 Å². The normalized spacial score (nSPS) is 11.2. The van der Waals surface area contributed by atoms with Crippen LogP contribution in [0.25, 0.3) is 0 Å². The highest BCUT2D eigenvalue weighted by molar-refractivity contribution is 5.97. The van der Waals surface area contributed by atoms with Gasteiger partial charge in [-0.3, -0.25) is 10.4 Å². The molecule has 21 heavy (non-hydrogen) atoms. The first-order valence-electron chi connectivity index (χ1n) is 6.86. The first-order valence-corrected chi connectivity index (χ1v) is 6.86. The molecular formula is C17H21N3O. The summed E-state index contributed by atoms with van der Waals surface area (Å²) < 4.78 is 5.89. The molecule has 0 amide bonds. The largest absolute Gasteiger partial charge is 0.455 e. The van der Waals surface area contributed by atoms with Crippen molar-refractivity contribution in [1.29, 1.82) is 5.41 Å². The van der Waals surface area contributed by atoms with E-state index >= 15 is 0 Å². The second kappa shape index (κ2) is 5.56. The summed E-state index contributed by atoms with van der Waals surface area (Å²) in [4.78, 5) is 4.03. The summed E-state index contributed by atoms with van der Waals surface area (Å²) in [5.41, 5.74) is 8.51. The number of nitrogens with zero attached hydrogens (tertiary/aromatic N) is 1. The summed E-state index contributed by atoms with van der Waals surface area (Å²) in [5, 5.41) is 7.58. The number of aryl methyl sites for hydroxylation is 1. The predicted molar refractivity (Wildman–Crippen MR) is 85.2 cm³/mol. The maximum Gasteiger partial charge on any atom is 0.156 e. The Morgan fingerprint density at radius 2 is 1.90 bits per heavy atom. The van der Waals surface area contributed by atoms with Crippen LogP contribution in [0.2, 0.25) is 0 Å². The van der Waals surface area contributed by atoms with Gasteiger partial charge >= 0.3 is 0 Å². The minimum atomic E-state index is -0.0311. The van der Waals surface area contributed by atoms with E-state index in [1.807, 2.05) is 13.0 Å². The van der Waals surface area contributed by atoms with Crippen LogP contribution in [0.4, 0.5) is 0 Å². The van der Waals surface area contributed by atoms with Gasteiger partial charge in [0.25, 0.3) is 0 Å². The molecule has 0 aliphatic rings. The Morgan fingerprint density at radius 1 is 1.19 bits per heavy atom. The van der Waals surface area contributed by atoms with Crippen molar-refractivity contribution in [2.75, 3.05) is 0 Å². The van der Waals surface area contributed by atoms with E-state index in [1.54, 1.807) is 18.5 Å². The summed E-state index contributed by atoms with van der Waals surface area (Å²) in [6, 6.07) is 7.81. The van der Waals surface area contributed by atoms with Crippen molar-refractivity contribution in [2.24, 2.45) is 5.73 Å². The molecule has 1 aromatic heterocycles. The van der Waals surface area contributed by atoms with Crippen LogP contribution in [-0.4, -0.2) is 10.8 Å². The number of aromatic nitrogens is 1. The van der Waals surface area contributed by atoms with Gasteiger partial charge < -0.3 is 10.5 Å². The fourth-order valence-corrected chi connectivity index (χ4v) is 2.03. The summed E-state index contributed by atoms with van der Waals surface area (Å²) in [6.07, 6.45) is 3.17. The lowest BCUT2D eigenvalue weighted by molar-refractivity contribution is 0.474. The quantitative estimate of drug-likeness (QED) is 0.665. The summed E-state index contributed by atoms with van der Waals surface area (Å²) in [5.74, 6) is 1.21. The van der Waals surface area contributed by atoms with E-state index in [2.05, 4.69) is 37.9 Å². The lowest BCUT2D eigenvalue weighted by Gasteiger charge is -2.20. The van der Waals surface area contributed by atoms with Gasteiger partial charge in [0, 0.05) is 6.20 Å². The highest BCUT2D eigenvalue weighted by Crippen LogP contribution is 2.31. The Bertz CT molecular complexity index is 672. The molecule has 4 heteroatoms. The van der Waals surface area contributed by atoms with Crippen LogP contribution >= 0.6 is 0 Å². The molecule has 0 saturated carbocycles. The fourth-order valence-electron chi connectivity index (χ4n) is 2.03. The van der Waals surface area contributed by atoms with Crippen LogP contribution in [0.3, 0.4) is 0 Å². The van der Waals surface area contributed by atoms with Gasteiger partial charge in [0.2, 0.25) is 0 Å². The zero-order valence-electron chi connectivity index (χ0n) is 12.9. The molecule has 0 unspecified atom stereocenters. The smallest absolute Gasteiger partial charge is 0.156 e. The third kappa shape index (κ3) is 3.40. The minimum Gasteiger partial charge on any atom is -0.455 e.